The number of hydrogen-bond donors (Lipinski definition) is 4. The maximum atomic E-state index is 12.6. The van der Waals surface area contributed by atoms with Gasteiger partial charge in [0.2, 0.25) is 5.76 Å². The number of oxazole rings is 1. The summed E-state index contributed by atoms with van der Waals surface area (Å²) in [5.74, 6) is -0.694. The Kier molecular flexibility index (Phi) is 5.89. The van der Waals surface area contributed by atoms with Crippen molar-refractivity contribution in [2.75, 3.05) is 0 Å². The van der Waals surface area contributed by atoms with Crippen LogP contribution in [-0.2, 0) is 6.54 Å². The van der Waals surface area contributed by atoms with Crippen LogP contribution in [0.1, 0.15) is 60.0 Å². The van der Waals surface area contributed by atoms with Crippen molar-refractivity contribution in [3.63, 3.8) is 0 Å². The van der Waals surface area contributed by atoms with Crippen LogP contribution < -0.4 is 5.32 Å². The van der Waals surface area contributed by atoms with Crippen molar-refractivity contribution in [3.05, 3.63) is 65.2 Å². The molecule has 1 atom stereocenters. The van der Waals surface area contributed by atoms with Crippen molar-refractivity contribution in [2.24, 2.45) is 0 Å². The molecule has 0 bridgehead atoms. The summed E-state index contributed by atoms with van der Waals surface area (Å²) < 4.78 is 5.28. The van der Waals surface area contributed by atoms with Crippen LogP contribution in [0.5, 0.6) is 11.5 Å². The molecule has 1 amide bonds. The molecule has 3 rings (SSSR count). The number of aromatic hydroxyl groups is 2. The first-order valence-electron chi connectivity index (χ1n) is 9.32. The third-order valence-corrected chi connectivity index (χ3v) is 4.71. The Balaban J connectivity index is 1.81. The average Bonchev–Trinajstić information content (AvgIpc) is 3.15. The maximum Gasteiger partial charge on any atom is 0.289 e. The molecule has 4 N–H and O–H groups in total. The number of hydrogen-bond acceptors (Lipinski definition) is 6. The van der Waals surface area contributed by atoms with Gasteiger partial charge in [0.25, 0.3) is 5.91 Å². The monoisotopic (exact) mass is 396 g/mol. The van der Waals surface area contributed by atoms with Gasteiger partial charge in [0.15, 0.2) is 6.39 Å². The molecule has 0 fully saturated rings. The second kappa shape index (κ2) is 8.36. The molecule has 0 saturated carbocycles. The van der Waals surface area contributed by atoms with E-state index in [-0.39, 0.29) is 35.4 Å². The summed E-state index contributed by atoms with van der Waals surface area (Å²) in [7, 11) is 0. The average molecular weight is 396 g/mol. The van der Waals surface area contributed by atoms with E-state index >= 15 is 0 Å². The van der Waals surface area contributed by atoms with Crippen molar-refractivity contribution in [2.45, 2.75) is 39.3 Å². The van der Waals surface area contributed by atoms with Crippen LogP contribution in [0, 0.1) is 0 Å². The zero-order valence-corrected chi connectivity index (χ0v) is 16.5. The predicted octanol–water partition coefficient (Wildman–Crippen LogP) is 3.86. The molecule has 1 unspecified atom stereocenters. The molecule has 1 heterocycles. The molecule has 0 aliphatic carbocycles. The molecule has 0 aliphatic rings. The first kappa shape index (κ1) is 20.4. The van der Waals surface area contributed by atoms with Gasteiger partial charge in [-0.1, -0.05) is 38.1 Å². The molecule has 0 spiro atoms. The van der Waals surface area contributed by atoms with Gasteiger partial charge in [-0.2, -0.15) is 0 Å². The topological polar surface area (TPSA) is 116 Å². The number of carbonyl (C=O) groups excluding carboxylic acids is 1. The molecule has 29 heavy (non-hydrogen) atoms. The number of nitrogens with one attached hydrogen (secondary N) is 1. The normalized spacial score (nSPS) is 12.2. The molecular weight excluding hydrogens is 372 g/mol. The lowest BCUT2D eigenvalue weighted by atomic mass is 9.97. The van der Waals surface area contributed by atoms with E-state index in [4.69, 9.17) is 4.42 Å². The molecular formula is C22H24N2O5. The second-order valence-electron chi connectivity index (χ2n) is 7.21. The first-order chi connectivity index (χ1) is 13.8. The Labute approximate surface area is 168 Å². The van der Waals surface area contributed by atoms with Crippen molar-refractivity contribution < 1.29 is 24.5 Å². The number of aliphatic hydroxyl groups is 1. The van der Waals surface area contributed by atoms with E-state index in [9.17, 15) is 20.1 Å². The molecule has 7 nitrogen and oxygen atoms in total. The Hall–Kier alpha value is -3.32. The minimum Gasteiger partial charge on any atom is -0.508 e. The fraction of sp³-hybridized carbons (Fsp3) is 0.273. The lowest BCUT2D eigenvalue weighted by molar-refractivity contribution is 0.0924. The summed E-state index contributed by atoms with van der Waals surface area (Å²) in [6.07, 6.45) is 0.590. The third kappa shape index (κ3) is 4.41. The minimum atomic E-state index is -0.552. The highest BCUT2D eigenvalue weighted by atomic mass is 16.3. The lowest BCUT2D eigenvalue weighted by Crippen LogP contribution is -2.23. The zero-order valence-electron chi connectivity index (χ0n) is 16.5. The largest absolute Gasteiger partial charge is 0.508 e. The number of carbonyl (C=O) groups is 1. The van der Waals surface area contributed by atoms with Gasteiger partial charge >= 0.3 is 0 Å². The molecule has 0 saturated heterocycles. The summed E-state index contributed by atoms with van der Waals surface area (Å²) in [6.45, 7) is 5.77. The van der Waals surface area contributed by atoms with Crippen LogP contribution in [0.4, 0.5) is 0 Å². The minimum absolute atomic E-state index is 0.0168. The van der Waals surface area contributed by atoms with Gasteiger partial charge in [0.05, 0.1) is 6.10 Å². The van der Waals surface area contributed by atoms with Gasteiger partial charge in [-0.3, -0.25) is 4.79 Å². The second-order valence-corrected chi connectivity index (χ2v) is 7.21. The standard InChI is InChI=1S/C22H24N2O5/c1-12(2)16-8-17(19(27)9-18(16)26)20-21(29-11-24-20)22(28)23-10-14-4-6-15(7-5-14)13(3)25/h4-9,11-13,25-27H,10H2,1-3H3,(H,23,28). The SMILES string of the molecule is CC(C)c1cc(-c2ncoc2C(=O)NCc2ccc(C(C)O)cc2)c(O)cc1O. The Morgan fingerprint density at radius 1 is 1.10 bits per heavy atom. The maximum absolute atomic E-state index is 12.6. The van der Waals surface area contributed by atoms with Crippen LogP contribution in [0.15, 0.2) is 47.2 Å². The Bertz CT molecular complexity index is 1010. The van der Waals surface area contributed by atoms with E-state index in [0.717, 1.165) is 17.5 Å². The van der Waals surface area contributed by atoms with Crippen molar-refractivity contribution in [1.82, 2.24) is 10.3 Å². The smallest absolute Gasteiger partial charge is 0.289 e. The summed E-state index contributed by atoms with van der Waals surface area (Å²) in [4.78, 5) is 16.7. The quantitative estimate of drug-likeness (QED) is 0.503. The van der Waals surface area contributed by atoms with Crippen LogP contribution in [-0.4, -0.2) is 26.2 Å². The third-order valence-electron chi connectivity index (χ3n) is 4.71. The van der Waals surface area contributed by atoms with E-state index in [2.05, 4.69) is 10.3 Å². The zero-order chi connectivity index (χ0) is 21.1. The van der Waals surface area contributed by atoms with Gasteiger partial charge in [-0.15, -0.1) is 0 Å². The van der Waals surface area contributed by atoms with Crippen LogP contribution >= 0.6 is 0 Å². The van der Waals surface area contributed by atoms with Crippen molar-refractivity contribution >= 4 is 5.91 Å². The number of aromatic nitrogens is 1. The molecule has 1 aromatic heterocycles. The van der Waals surface area contributed by atoms with Crippen LogP contribution in [0.2, 0.25) is 0 Å². The first-order valence-corrected chi connectivity index (χ1v) is 9.32. The molecule has 7 heteroatoms. The van der Waals surface area contributed by atoms with E-state index < -0.39 is 12.0 Å². The fourth-order valence-electron chi connectivity index (χ4n) is 3.02. The highest BCUT2D eigenvalue weighted by Gasteiger charge is 2.22. The summed E-state index contributed by atoms with van der Waals surface area (Å²) in [5, 5.41) is 32.6. The molecule has 0 radical (unpaired) electrons. The highest BCUT2D eigenvalue weighted by molar-refractivity contribution is 5.97. The van der Waals surface area contributed by atoms with Gasteiger partial charge in [-0.25, -0.2) is 4.98 Å². The van der Waals surface area contributed by atoms with Crippen molar-refractivity contribution in [1.29, 1.82) is 0 Å². The number of amides is 1. The Morgan fingerprint density at radius 2 is 1.79 bits per heavy atom. The molecule has 152 valence electrons. The predicted molar refractivity (Wildman–Crippen MR) is 108 cm³/mol. The number of benzene rings is 2. The van der Waals surface area contributed by atoms with E-state index in [0.29, 0.717) is 11.1 Å². The number of phenolic OH excluding ortho intramolecular Hbond substituents is 2. The van der Waals surface area contributed by atoms with Gasteiger partial charge in [-0.05, 0) is 35.6 Å². The summed E-state index contributed by atoms with van der Waals surface area (Å²) >= 11 is 0. The summed E-state index contributed by atoms with van der Waals surface area (Å²) in [6, 6.07) is 10.1. The van der Waals surface area contributed by atoms with Gasteiger partial charge in [0.1, 0.15) is 17.2 Å². The van der Waals surface area contributed by atoms with Gasteiger partial charge < -0.3 is 25.1 Å². The number of nitrogens with zero attached hydrogens (tertiary/aromatic N) is 1. The summed E-state index contributed by atoms with van der Waals surface area (Å²) in [5.41, 5.74) is 2.79. The number of aliphatic hydroxyl groups excluding tert-OH is 1. The Morgan fingerprint density at radius 3 is 2.41 bits per heavy atom. The van der Waals surface area contributed by atoms with E-state index in [1.165, 1.54) is 6.07 Å². The fourth-order valence-corrected chi connectivity index (χ4v) is 3.02. The molecule has 3 aromatic rings. The molecule has 2 aromatic carbocycles. The lowest BCUT2D eigenvalue weighted by Gasteiger charge is -2.12. The number of phenols is 2. The van der Waals surface area contributed by atoms with Crippen LogP contribution in [0.25, 0.3) is 11.3 Å². The number of rotatable bonds is 6. The van der Waals surface area contributed by atoms with Crippen LogP contribution in [0.3, 0.4) is 0 Å². The van der Waals surface area contributed by atoms with Crippen molar-refractivity contribution in [3.8, 4) is 22.8 Å². The van der Waals surface area contributed by atoms with E-state index in [1.54, 1.807) is 25.1 Å². The molecule has 0 aliphatic heterocycles. The highest BCUT2D eigenvalue weighted by Crippen LogP contribution is 2.38. The van der Waals surface area contributed by atoms with E-state index in [1.807, 2.05) is 26.0 Å². The van der Waals surface area contributed by atoms with Gasteiger partial charge in [0, 0.05) is 18.2 Å².